The number of anilines is 1. The van der Waals surface area contributed by atoms with Crippen molar-refractivity contribution in [3.63, 3.8) is 0 Å². The first-order chi connectivity index (χ1) is 11.5. The van der Waals surface area contributed by atoms with Gasteiger partial charge >= 0.3 is 5.97 Å². The number of esters is 1. The molecule has 1 aliphatic carbocycles. The van der Waals surface area contributed by atoms with Gasteiger partial charge in [0.15, 0.2) is 0 Å². The Labute approximate surface area is 148 Å². The number of thiophene rings is 1. The number of nitrogens with one attached hydrogen (secondary N) is 1. The van der Waals surface area contributed by atoms with Crippen LogP contribution in [0.3, 0.4) is 0 Å². The second-order valence-corrected chi connectivity index (χ2v) is 7.07. The average Bonchev–Trinajstić information content (AvgIpc) is 3.07. The molecule has 24 heavy (non-hydrogen) atoms. The van der Waals surface area contributed by atoms with Gasteiger partial charge in [0, 0.05) is 11.9 Å². The molecule has 8 heteroatoms. The molecule has 128 valence electrons. The zero-order valence-electron chi connectivity index (χ0n) is 13.5. The number of aryl methyl sites for hydroxylation is 2. The maximum atomic E-state index is 12.6. The van der Waals surface area contributed by atoms with Crippen LogP contribution in [-0.4, -0.2) is 28.3 Å². The van der Waals surface area contributed by atoms with E-state index in [0.29, 0.717) is 17.2 Å². The SMILES string of the molecule is CCOC(=O)c1c(NC(=O)c2c(Cl)cnn2C)sc2c1CCCC2. The van der Waals surface area contributed by atoms with Crippen LogP contribution in [0.5, 0.6) is 0 Å². The van der Waals surface area contributed by atoms with Gasteiger partial charge in [0.2, 0.25) is 0 Å². The molecule has 0 fully saturated rings. The summed E-state index contributed by atoms with van der Waals surface area (Å²) in [5.41, 5.74) is 1.76. The van der Waals surface area contributed by atoms with Crippen molar-refractivity contribution in [1.29, 1.82) is 0 Å². The fourth-order valence-corrected chi connectivity index (χ4v) is 4.43. The highest BCUT2D eigenvalue weighted by Gasteiger charge is 2.28. The van der Waals surface area contributed by atoms with Crippen LogP contribution >= 0.6 is 22.9 Å². The second-order valence-electron chi connectivity index (χ2n) is 5.55. The van der Waals surface area contributed by atoms with Crippen LogP contribution in [0.2, 0.25) is 5.02 Å². The summed E-state index contributed by atoms with van der Waals surface area (Å²) in [6, 6.07) is 0. The maximum absolute atomic E-state index is 12.6. The number of rotatable bonds is 4. The average molecular weight is 368 g/mol. The van der Waals surface area contributed by atoms with E-state index in [4.69, 9.17) is 16.3 Å². The first kappa shape index (κ1) is 17.0. The third-order valence-corrected chi connectivity index (χ3v) is 5.47. The van der Waals surface area contributed by atoms with Gasteiger partial charge in [0.25, 0.3) is 5.91 Å². The highest BCUT2D eigenvalue weighted by atomic mass is 35.5. The largest absolute Gasteiger partial charge is 0.462 e. The van der Waals surface area contributed by atoms with Crippen LogP contribution in [0.4, 0.5) is 5.00 Å². The van der Waals surface area contributed by atoms with Crippen LogP contribution in [0.25, 0.3) is 0 Å². The highest BCUT2D eigenvalue weighted by Crippen LogP contribution is 2.39. The molecule has 2 heterocycles. The summed E-state index contributed by atoms with van der Waals surface area (Å²) in [6.45, 7) is 2.06. The topological polar surface area (TPSA) is 73.2 Å². The van der Waals surface area contributed by atoms with E-state index in [-0.39, 0.29) is 22.6 Å². The number of halogens is 1. The van der Waals surface area contributed by atoms with Crippen LogP contribution in [0.1, 0.15) is 51.1 Å². The van der Waals surface area contributed by atoms with Crippen LogP contribution in [0, 0.1) is 0 Å². The van der Waals surface area contributed by atoms with E-state index < -0.39 is 0 Å². The lowest BCUT2D eigenvalue weighted by atomic mass is 9.95. The van der Waals surface area contributed by atoms with Crippen molar-refractivity contribution in [2.45, 2.75) is 32.6 Å². The molecular formula is C16H18ClN3O3S. The molecule has 0 spiro atoms. The van der Waals surface area contributed by atoms with Gasteiger partial charge in [-0.1, -0.05) is 11.6 Å². The summed E-state index contributed by atoms with van der Waals surface area (Å²) in [6.07, 6.45) is 5.31. The van der Waals surface area contributed by atoms with Gasteiger partial charge in [-0.05, 0) is 38.2 Å². The van der Waals surface area contributed by atoms with Gasteiger partial charge in [-0.2, -0.15) is 5.10 Å². The Bertz CT molecular complexity index is 777. The molecule has 1 aliphatic rings. The predicted molar refractivity (Wildman–Crippen MR) is 93.1 cm³/mol. The number of hydrogen-bond acceptors (Lipinski definition) is 5. The van der Waals surface area contributed by atoms with Crippen molar-refractivity contribution in [2.24, 2.45) is 7.05 Å². The number of aromatic nitrogens is 2. The van der Waals surface area contributed by atoms with E-state index >= 15 is 0 Å². The minimum atomic E-state index is -0.386. The number of hydrogen-bond donors (Lipinski definition) is 1. The van der Waals surface area contributed by atoms with E-state index in [9.17, 15) is 9.59 Å². The summed E-state index contributed by atoms with van der Waals surface area (Å²) >= 11 is 7.47. The van der Waals surface area contributed by atoms with Crippen LogP contribution in [0.15, 0.2) is 6.20 Å². The van der Waals surface area contributed by atoms with Gasteiger partial charge in [0.05, 0.1) is 23.4 Å². The molecule has 3 rings (SSSR count). The molecule has 1 N–H and O–H groups in total. The Hall–Kier alpha value is -1.86. The van der Waals surface area contributed by atoms with Crippen molar-refractivity contribution in [2.75, 3.05) is 11.9 Å². The molecule has 6 nitrogen and oxygen atoms in total. The second kappa shape index (κ2) is 6.94. The minimum Gasteiger partial charge on any atom is -0.462 e. The summed E-state index contributed by atoms with van der Waals surface area (Å²) < 4.78 is 6.60. The number of nitrogens with zero attached hydrogens (tertiary/aromatic N) is 2. The smallest absolute Gasteiger partial charge is 0.341 e. The Balaban J connectivity index is 1.97. The molecule has 1 amide bonds. The molecular weight excluding hydrogens is 350 g/mol. The number of carbonyl (C=O) groups excluding carboxylic acids is 2. The van der Waals surface area contributed by atoms with E-state index in [2.05, 4.69) is 10.4 Å². The fraction of sp³-hybridized carbons (Fsp3) is 0.438. The molecule has 0 radical (unpaired) electrons. The van der Waals surface area contributed by atoms with Gasteiger partial charge in [-0.25, -0.2) is 4.79 Å². The molecule has 0 aromatic carbocycles. The standard InChI is InChI=1S/C16H18ClN3O3S/c1-3-23-16(22)12-9-6-4-5-7-11(9)24-15(12)19-14(21)13-10(17)8-18-20(13)2/h8H,3-7H2,1-2H3,(H,19,21). The Morgan fingerprint density at radius 1 is 1.42 bits per heavy atom. The van der Waals surface area contributed by atoms with Crippen molar-refractivity contribution in [3.8, 4) is 0 Å². The van der Waals surface area contributed by atoms with Gasteiger partial charge < -0.3 is 10.1 Å². The molecule has 2 aromatic heterocycles. The predicted octanol–water partition coefficient (Wildman–Crippen LogP) is 3.44. The van der Waals surface area contributed by atoms with Crippen molar-refractivity contribution < 1.29 is 14.3 Å². The quantitative estimate of drug-likeness (QED) is 0.840. The number of fused-ring (bicyclic) bond motifs is 1. The highest BCUT2D eigenvalue weighted by molar-refractivity contribution is 7.17. The molecule has 2 aromatic rings. The summed E-state index contributed by atoms with van der Waals surface area (Å²) in [4.78, 5) is 26.1. The Morgan fingerprint density at radius 3 is 2.83 bits per heavy atom. The van der Waals surface area contributed by atoms with Crippen molar-refractivity contribution >= 4 is 39.8 Å². The Kier molecular flexibility index (Phi) is 4.91. The third-order valence-electron chi connectivity index (χ3n) is 3.99. The molecule has 0 saturated carbocycles. The zero-order chi connectivity index (χ0) is 17.3. The lowest BCUT2D eigenvalue weighted by Crippen LogP contribution is -2.18. The van der Waals surface area contributed by atoms with Crippen LogP contribution in [-0.2, 0) is 24.6 Å². The number of ether oxygens (including phenoxy) is 1. The summed E-state index contributed by atoms with van der Waals surface area (Å²) in [5.74, 6) is -0.771. The summed E-state index contributed by atoms with van der Waals surface area (Å²) in [5, 5.41) is 7.59. The van der Waals surface area contributed by atoms with Gasteiger partial charge in [-0.15, -0.1) is 11.3 Å². The van der Waals surface area contributed by atoms with E-state index in [0.717, 1.165) is 36.1 Å². The number of carbonyl (C=O) groups is 2. The lowest BCUT2D eigenvalue weighted by Gasteiger charge is -2.12. The lowest BCUT2D eigenvalue weighted by molar-refractivity contribution is 0.0526. The normalized spacial score (nSPS) is 13.5. The molecule has 0 atom stereocenters. The molecule has 0 unspecified atom stereocenters. The Morgan fingerprint density at radius 2 is 2.17 bits per heavy atom. The van der Waals surface area contributed by atoms with Crippen molar-refractivity contribution in [3.05, 3.63) is 32.9 Å². The molecule has 0 aliphatic heterocycles. The molecule has 0 bridgehead atoms. The number of amides is 1. The molecule has 0 saturated heterocycles. The monoisotopic (exact) mass is 367 g/mol. The third kappa shape index (κ3) is 3.06. The first-order valence-corrected chi connectivity index (χ1v) is 9.02. The van der Waals surface area contributed by atoms with E-state index in [1.807, 2.05) is 0 Å². The van der Waals surface area contributed by atoms with E-state index in [1.165, 1.54) is 22.2 Å². The minimum absolute atomic E-state index is 0.262. The van der Waals surface area contributed by atoms with Crippen LogP contribution < -0.4 is 5.32 Å². The summed E-state index contributed by atoms with van der Waals surface area (Å²) in [7, 11) is 1.65. The fourth-order valence-electron chi connectivity index (χ4n) is 2.90. The van der Waals surface area contributed by atoms with Gasteiger partial charge in [-0.3, -0.25) is 9.48 Å². The first-order valence-electron chi connectivity index (χ1n) is 7.83. The van der Waals surface area contributed by atoms with E-state index in [1.54, 1.807) is 14.0 Å². The van der Waals surface area contributed by atoms with Gasteiger partial charge in [0.1, 0.15) is 10.7 Å². The maximum Gasteiger partial charge on any atom is 0.341 e. The van der Waals surface area contributed by atoms with Crippen molar-refractivity contribution in [1.82, 2.24) is 9.78 Å². The zero-order valence-corrected chi connectivity index (χ0v) is 15.1.